The van der Waals surface area contributed by atoms with Crippen molar-refractivity contribution in [3.8, 4) is 11.6 Å². The predicted octanol–water partition coefficient (Wildman–Crippen LogP) is 1.28. The fourth-order valence-electron chi connectivity index (χ4n) is 2.05. The molecule has 6 nitrogen and oxygen atoms in total. The van der Waals surface area contributed by atoms with Gasteiger partial charge in [0.2, 0.25) is 0 Å². The lowest BCUT2D eigenvalue weighted by Gasteiger charge is -1.97. The van der Waals surface area contributed by atoms with E-state index in [2.05, 4.69) is 15.2 Å². The fraction of sp³-hybridized carbons (Fsp3) is 0.545. The van der Waals surface area contributed by atoms with Crippen LogP contribution in [0.4, 0.5) is 0 Å². The number of rotatable bonds is 2. The molecule has 6 heteroatoms. The van der Waals surface area contributed by atoms with E-state index in [-0.39, 0.29) is 5.92 Å². The van der Waals surface area contributed by atoms with E-state index >= 15 is 0 Å². The molecule has 3 rings (SSSR count). The third-order valence-corrected chi connectivity index (χ3v) is 2.96. The van der Waals surface area contributed by atoms with Crippen LogP contribution in [0.5, 0.6) is 0 Å². The standard InChI is InChI=1S/C11H14N4O2/c1-7-5-9(15(2)13-7)11-12-10(14-17-11)8-3-4-16-6-8/h5,8H,3-4,6H2,1-2H3/t8-/m0/s1. The molecule has 0 unspecified atom stereocenters. The van der Waals surface area contributed by atoms with Gasteiger partial charge in [0.05, 0.1) is 12.3 Å². The Morgan fingerprint density at radius 3 is 3.00 bits per heavy atom. The van der Waals surface area contributed by atoms with Gasteiger partial charge in [0.25, 0.3) is 5.89 Å². The lowest BCUT2D eigenvalue weighted by molar-refractivity contribution is 0.192. The zero-order valence-corrected chi connectivity index (χ0v) is 9.88. The van der Waals surface area contributed by atoms with Crippen LogP contribution >= 0.6 is 0 Å². The van der Waals surface area contributed by atoms with Crippen molar-refractivity contribution < 1.29 is 9.26 Å². The summed E-state index contributed by atoms with van der Waals surface area (Å²) in [7, 11) is 1.87. The highest BCUT2D eigenvalue weighted by Crippen LogP contribution is 2.25. The van der Waals surface area contributed by atoms with Crippen molar-refractivity contribution in [2.75, 3.05) is 13.2 Å². The molecule has 0 aromatic carbocycles. The maximum absolute atomic E-state index is 5.32. The molecule has 0 spiro atoms. The van der Waals surface area contributed by atoms with Crippen LogP contribution in [0.15, 0.2) is 10.6 Å². The van der Waals surface area contributed by atoms with Gasteiger partial charge in [0, 0.05) is 19.6 Å². The Hall–Kier alpha value is -1.69. The minimum atomic E-state index is 0.266. The monoisotopic (exact) mass is 234 g/mol. The van der Waals surface area contributed by atoms with Crippen molar-refractivity contribution in [2.45, 2.75) is 19.3 Å². The summed E-state index contributed by atoms with van der Waals surface area (Å²) in [6.45, 7) is 3.40. The lowest BCUT2D eigenvalue weighted by atomic mass is 10.1. The summed E-state index contributed by atoms with van der Waals surface area (Å²) >= 11 is 0. The summed E-state index contributed by atoms with van der Waals surface area (Å²) in [6.07, 6.45) is 0.962. The molecular formula is C11H14N4O2. The first-order valence-corrected chi connectivity index (χ1v) is 5.66. The molecule has 2 aromatic heterocycles. The second-order valence-electron chi connectivity index (χ2n) is 4.31. The molecule has 1 fully saturated rings. The molecule has 0 N–H and O–H groups in total. The number of hydrogen-bond donors (Lipinski definition) is 0. The van der Waals surface area contributed by atoms with Gasteiger partial charge in [0.15, 0.2) is 5.82 Å². The third kappa shape index (κ3) is 1.84. The van der Waals surface area contributed by atoms with Crippen LogP contribution in [0.3, 0.4) is 0 Å². The first-order valence-electron chi connectivity index (χ1n) is 5.66. The van der Waals surface area contributed by atoms with E-state index in [0.717, 1.165) is 30.2 Å². The summed E-state index contributed by atoms with van der Waals surface area (Å²) in [5.74, 6) is 1.52. The van der Waals surface area contributed by atoms with Crippen molar-refractivity contribution in [1.82, 2.24) is 19.9 Å². The Morgan fingerprint density at radius 2 is 2.35 bits per heavy atom. The maximum atomic E-state index is 5.32. The van der Waals surface area contributed by atoms with E-state index < -0.39 is 0 Å². The highest BCUT2D eigenvalue weighted by atomic mass is 16.5. The Kier molecular flexibility index (Phi) is 2.44. The first kappa shape index (κ1) is 10.5. The molecule has 90 valence electrons. The van der Waals surface area contributed by atoms with Crippen LogP contribution in [0.25, 0.3) is 11.6 Å². The normalized spacial score (nSPS) is 20.0. The number of aromatic nitrogens is 4. The van der Waals surface area contributed by atoms with E-state index in [1.54, 1.807) is 4.68 Å². The Labute approximate surface area is 98.6 Å². The summed E-state index contributed by atoms with van der Waals surface area (Å²) < 4.78 is 12.3. The highest BCUT2D eigenvalue weighted by molar-refractivity contribution is 5.47. The van der Waals surface area contributed by atoms with Crippen LogP contribution in [0.1, 0.15) is 23.9 Å². The van der Waals surface area contributed by atoms with Gasteiger partial charge in [-0.1, -0.05) is 5.16 Å². The molecule has 1 atom stereocenters. The second kappa shape index (κ2) is 3.96. The van der Waals surface area contributed by atoms with Crippen LogP contribution in [-0.2, 0) is 11.8 Å². The third-order valence-electron chi connectivity index (χ3n) is 2.96. The number of ether oxygens (including phenoxy) is 1. The SMILES string of the molecule is Cc1cc(-c2nc([C@H]3CCOC3)no2)n(C)n1. The highest BCUT2D eigenvalue weighted by Gasteiger charge is 2.24. The summed E-state index contributed by atoms with van der Waals surface area (Å²) in [4.78, 5) is 4.42. The molecule has 1 saturated heterocycles. The molecular weight excluding hydrogens is 220 g/mol. The van der Waals surface area contributed by atoms with Gasteiger partial charge in [-0.15, -0.1) is 0 Å². The lowest BCUT2D eigenvalue weighted by Crippen LogP contribution is -2.00. The number of nitrogens with zero attached hydrogens (tertiary/aromatic N) is 4. The Balaban J connectivity index is 1.91. The molecule has 1 aliphatic rings. The van der Waals surface area contributed by atoms with E-state index in [9.17, 15) is 0 Å². The summed E-state index contributed by atoms with van der Waals surface area (Å²) in [5.41, 5.74) is 1.78. The van der Waals surface area contributed by atoms with Gasteiger partial charge >= 0.3 is 0 Å². The van der Waals surface area contributed by atoms with Crippen LogP contribution in [-0.4, -0.2) is 33.1 Å². The number of hydrogen-bond acceptors (Lipinski definition) is 5. The van der Waals surface area contributed by atoms with E-state index in [0.29, 0.717) is 12.5 Å². The summed E-state index contributed by atoms with van der Waals surface area (Å²) in [5, 5.41) is 8.28. The summed E-state index contributed by atoms with van der Waals surface area (Å²) in [6, 6.07) is 1.93. The molecule has 0 radical (unpaired) electrons. The largest absolute Gasteiger partial charge is 0.381 e. The first-order chi connectivity index (χ1) is 8.24. The molecule has 0 amide bonds. The maximum Gasteiger partial charge on any atom is 0.276 e. The second-order valence-corrected chi connectivity index (χ2v) is 4.31. The Bertz CT molecular complexity index is 525. The average molecular weight is 234 g/mol. The van der Waals surface area contributed by atoms with Crippen molar-refractivity contribution in [2.24, 2.45) is 7.05 Å². The minimum absolute atomic E-state index is 0.266. The fourth-order valence-corrected chi connectivity index (χ4v) is 2.05. The minimum Gasteiger partial charge on any atom is -0.381 e. The van der Waals surface area contributed by atoms with Crippen molar-refractivity contribution >= 4 is 0 Å². The predicted molar refractivity (Wildman–Crippen MR) is 59.4 cm³/mol. The van der Waals surface area contributed by atoms with E-state index in [4.69, 9.17) is 9.26 Å². The van der Waals surface area contributed by atoms with Crippen molar-refractivity contribution in [3.63, 3.8) is 0 Å². The average Bonchev–Trinajstić information content (AvgIpc) is 2.97. The van der Waals surface area contributed by atoms with Gasteiger partial charge < -0.3 is 9.26 Å². The molecule has 2 aromatic rings. The van der Waals surface area contributed by atoms with E-state index in [1.165, 1.54) is 0 Å². The van der Waals surface area contributed by atoms with Gasteiger partial charge in [-0.3, -0.25) is 4.68 Å². The molecule has 0 aliphatic carbocycles. The Morgan fingerprint density at radius 1 is 1.47 bits per heavy atom. The zero-order chi connectivity index (χ0) is 11.8. The van der Waals surface area contributed by atoms with Crippen LogP contribution in [0, 0.1) is 6.92 Å². The molecule has 3 heterocycles. The van der Waals surface area contributed by atoms with Crippen LogP contribution < -0.4 is 0 Å². The quantitative estimate of drug-likeness (QED) is 0.783. The molecule has 0 bridgehead atoms. The van der Waals surface area contributed by atoms with Gasteiger partial charge in [-0.05, 0) is 19.4 Å². The van der Waals surface area contributed by atoms with Crippen molar-refractivity contribution in [1.29, 1.82) is 0 Å². The smallest absolute Gasteiger partial charge is 0.276 e. The molecule has 17 heavy (non-hydrogen) atoms. The van der Waals surface area contributed by atoms with Crippen LogP contribution in [0.2, 0.25) is 0 Å². The van der Waals surface area contributed by atoms with Gasteiger partial charge in [-0.2, -0.15) is 10.1 Å². The van der Waals surface area contributed by atoms with E-state index in [1.807, 2.05) is 20.0 Å². The molecule has 1 aliphatic heterocycles. The molecule has 0 saturated carbocycles. The topological polar surface area (TPSA) is 66.0 Å². The van der Waals surface area contributed by atoms with Crippen molar-refractivity contribution in [3.05, 3.63) is 17.6 Å². The zero-order valence-electron chi connectivity index (χ0n) is 9.88. The van der Waals surface area contributed by atoms with Gasteiger partial charge in [0.1, 0.15) is 5.69 Å². The van der Waals surface area contributed by atoms with Gasteiger partial charge in [-0.25, -0.2) is 0 Å². The number of aryl methyl sites for hydroxylation is 2.